The van der Waals surface area contributed by atoms with E-state index in [-0.39, 0.29) is 36.6 Å². The van der Waals surface area contributed by atoms with Crippen molar-refractivity contribution in [1.29, 1.82) is 0 Å². The van der Waals surface area contributed by atoms with E-state index in [1.807, 2.05) is 61.2 Å². The molecule has 2 aromatic heterocycles. The first-order valence-electron chi connectivity index (χ1n) is 12.8. The molecule has 0 bridgehead atoms. The number of carbonyl (C=O) groups excluding carboxylic acids is 1. The number of H-pyrrole nitrogens is 1. The highest BCUT2D eigenvalue weighted by molar-refractivity contribution is 5.86. The van der Waals surface area contributed by atoms with Crippen molar-refractivity contribution in [3.8, 4) is 11.5 Å². The molecule has 198 valence electrons. The number of benzene rings is 2. The molecule has 0 saturated heterocycles. The van der Waals surface area contributed by atoms with E-state index in [4.69, 9.17) is 13.9 Å². The number of nitrogens with zero attached hydrogens (tertiary/aromatic N) is 1. The van der Waals surface area contributed by atoms with Crippen molar-refractivity contribution in [3.05, 3.63) is 93.2 Å². The number of hydrogen-bond donors (Lipinski definition) is 2. The van der Waals surface area contributed by atoms with E-state index in [2.05, 4.69) is 11.1 Å². The van der Waals surface area contributed by atoms with Gasteiger partial charge >= 0.3 is 0 Å². The summed E-state index contributed by atoms with van der Waals surface area (Å²) >= 11 is 0. The topological polar surface area (TPSA) is 105 Å². The molecule has 2 N–H and O–H groups in total. The summed E-state index contributed by atoms with van der Waals surface area (Å²) in [6.45, 7) is 5.01. The minimum Gasteiger partial charge on any atom is -0.502 e. The van der Waals surface area contributed by atoms with Crippen LogP contribution in [0.25, 0.3) is 10.9 Å². The van der Waals surface area contributed by atoms with E-state index in [9.17, 15) is 14.7 Å². The highest BCUT2D eigenvalue weighted by atomic mass is 16.5. The number of aromatic nitrogens is 1. The maximum Gasteiger partial charge on any atom is 0.227 e. The normalized spacial score (nSPS) is 14.1. The van der Waals surface area contributed by atoms with Gasteiger partial charge in [0.15, 0.2) is 5.76 Å². The average molecular weight is 517 g/mol. The van der Waals surface area contributed by atoms with E-state index in [0.29, 0.717) is 18.8 Å². The van der Waals surface area contributed by atoms with Crippen LogP contribution in [0.2, 0.25) is 0 Å². The van der Waals surface area contributed by atoms with Gasteiger partial charge in [-0.25, -0.2) is 0 Å². The van der Waals surface area contributed by atoms with Gasteiger partial charge in [0, 0.05) is 42.7 Å². The molecule has 38 heavy (non-hydrogen) atoms. The Kier molecular flexibility index (Phi) is 7.24. The molecular weight excluding hydrogens is 484 g/mol. The van der Waals surface area contributed by atoms with Gasteiger partial charge in [0.1, 0.15) is 18.1 Å². The Morgan fingerprint density at radius 1 is 1.16 bits per heavy atom. The van der Waals surface area contributed by atoms with E-state index in [0.717, 1.165) is 23.2 Å². The molecule has 3 heterocycles. The zero-order valence-corrected chi connectivity index (χ0v) is 21.8. The fourth-order valence-electron chi connectivity index (χ4n) is 5.13. The number of nitrogens with one attached hydrogen (secondary N) is 1. The van der Waals surface area contributed by atoms with Gasteiger partial charge in [0.25, 0.3) is 0 Å². The van der Waals surface area contributed by atoms with Crippen LogP contribution in [0.3, 0.4) is 0 Å². The Morgan fingerprint density at radius 3 is 2.66 bits per heavy atom. The van der Waals surface area contributed by atoms with Gasteiger partial charge in [-0.2, -0.15) is 0 Å². The van der Waals surface area contributed by atoms with Crippen molar-refractivity contribution in [3.63, 3.8) is 0 Å². The molecule has 1 aliphatic rings. The van der Waals surface area contributed by atoms with Crippen molar-refractivity contribution in [2.45, 2.75) is 51.9 Å². The average Bonchev–Trinajstić information content (AvgIpc) is 3.27. The third-order valence-corrected chi connectivity index (χ3v) is 6.87. The third-order valence-electron chi connectivity index (χ3n) is 6.87. The van der Waals surface area contributed by atoms with Crippen LogP contribution in [-0.4, -0.2) is 40.7 Å². The number of aromatic hydroxyl groups is 1. The van der Waals surface area contributed by atoms with E-state index in [1.54, 1.807) is 0 Å². The Labute approximate surface area is 220 Å². The number of ether oxygens (including phenoxy) is 2. The second-order valence-corrected chi connectivity index (χ2v) is 9.91. The number of hydrogen-bond acceptors (Lipinski definition) is 6. The highest BCUT2D eigenvalue weighted by Crippen LogP contribution is 2.36. The maximum absolute atomic E-state index is 13.7. The third kappa shape index (κ3) is 5.17. The molecule has 0 aliphatic carbocycles. The largest absolute Gasteiger partial charge is 0.502 e. The molecule has 4 aromatic rings. The number of rotatable bonds is 8. The number of fused-ring (bicyclic) bond motifs is 3. The van der Waals surface area contributed by atoms with Gasteiger partial charge in [0.05, 0.1) is 18.6 Å². The summed E-state index contributed by atoms with van der Waals surface area (Å²) in [5.74, 6) is -0.246. The number of carbonyl (C=O) groups is 1. The Hall–Kier alpha value is -4.04. The Bertz CT molecular complexity index is 1500. The lowest BCUT2D eigenvalue weighted by Gasteiger charge is -2.29. The molecular formula is C30H32N2O6. The monoisotopic (exact) mass is 516 g/mol. The first kappa shape index (κ1) is 25.6. The maximum atomic E-state index is 13.7. The van der Waals surface area contributed by atoms with Gasteiger partial charge < -0.3 is 28.9 Å². The van der Waals surface area contributed by atoms with Crippen LogP contribution in [0, 0.1) is 0 Å². The smallest absolute Gasteiger partial charge is 0.227 e. The Morgan fingerprint density at radius 2 is 1.92 bits per heavy atom. The lowest BCUT2D eigenvalue weighted by molar-refractivity contribution is -0.132. The second-order valence-electron chi connectivity index (χ2n) is 9.91. The van der Waals surface area contributed by atoms with Crippen LogP contribution in [0.15, 0.2) is 63.8 Å². The molecule has 0 fully saturated rings. The summed E-state index contributed by atoms with van der Waals surface area (Å²) in [4.78, 5) is 31.5. The van der Waals surface area contributed by atoms with Gasteiger partial charge in [-0.15, -0.1) is 0 Å². The standard InChI is InChI=1S/C30H32N2O6/c1-18(2)37-20-10-8-19(9-11-20)24(30-29(35)27(33)14-21(38-30)17-36-3)15-28(34)32-13-12-23-22-6-4-5-7-25(22)31-26(23)16-32/h4-11,14,18,24,31,35H,12-13,15-17H2,1-3H3/t24-/m1/s1. The molecule has 0 radical (unpaired) electrons. The lowest BCUT2D eigenvalue weighted by Crippen LogP contribution is -2.36. The summed E-state index contributed by atoms with van der Waals surface area (Å²) in [6.07, 6.45) is 0.785. The first-order valence-corrected chi connectivity index (χ1v) is 12.8. The van der Waals surface area contributed by atoms with E-state index in [1.165, 1.54) is 24.1 Å². The number of amides is 1. The first-order chi connectivity index (χ1) is 18.3. The van der Waals surface area contributed by atoms with Crippen molar-refractivity contribution in [2.75, 3.05) is 13.7 Å². The van der Waals surface area contributed by atoms with Crippen LogP contribution < -0.4 is 10.2 Å². The highest BCUT2D eigenvalue weighted by Gasteiger charge is 2.30. The molecule has 8 nitrogen and oxygen atoms in total. The molecule has 1 amide bonds. The quantitative estimate of drug-likeness (QED) is 0.346. The predicted octanol–water partition coefficient (Wildman–Crippen LogP) is 4.87. The fourth-order valence-corrected chi connectivity index (χ4v) is 5.13. The molecule has 0 unspecified atom stereocenters. The second kappa shape index (κ2) is 10.8. The van der Waals surface area contributed by atoms with Crippen molar-refractivity contribution in [1.82, 2.24) is 9.88 Å². The fraction of sp³-hybridized carbons (Fsp3) is 0.333. The number of aromatic amines is 1. The van der Waals surface area contributed by atoms with Crippen molar-refractivity contribution >= 4 is 16.8 Å². The minimum absolute atomic E-state index is 0.0136. The van der Waals surface area contributed by atoms with Crippen LogP contribution >= 0.6 is 0 Å². The zero-order valence-electron chi connectivity index (χ0n) is 21.8. The Balaban J connectivity index is 1.46. The predicted molar refractivity (Wildman–Crippen MR) is 143 cm³/mol. The van der Waals surface area contributed by atoms with Crippen LogP contribution in [0.1, 0.15) is 54.5 Å². The van der Waals surface area contributed by atoms with Gasteiger partial charge in [-0.05, 0) is 49.6 Å². The molecule has 1 aliphatic heterocycles. The minimum atomic E-state index is -0.677. The van der Waals surface area contributed by atoms with Gasteiger partial charge in [0.2, 0.25) is 17.1 Å². The summed E-state index contributed by atoms with van der Waals surface area (Å²) in [5, 5.41) is 11.9. The van der Waals surface area contributed by atoms with Gasteiger partial charge in [-0.3, -0.25) is 9.59 Å². The van der Waals surface area contributed by atoms with Gasteiger partial charge in [-0.1, -0.05) is 30.3 Å². The van der Waals surface area contributed by atoms with Crippen molar-refractivity contribution in [2.24, 2.45) is 0 Å². The molecule has 0 spiro atoms. The van der Waals surface area contributed by atoms with Crippen LogP contribution in [-0.2, 0) is 29.1 Å². The van der Waals surface area contributed by atoms with Crippen molar-refractivity contribution < 1.29 is 23.8 Å². The van der Waals surface area contributed by atoms with E-state index < -0.39 is 17.1 Å². The molecule has 8 heteroatoms. The molecule has 2 aromatic carbocycles. The summed E-state index contributed by atoms with van der Waals surface area (Å²) < 4.78 is 16.8. The zero-order chi connectivity index (χ0) is 26.8. The molecule has 0 saturated carbocycles. The van der Waals surface area contributed by atoms with Crippen LogP contribution in [0.5, 0.6) is 11.5 Å². The number of para-hydroxylation sites is 1. The van der Waals surface area contributed by atoms with Crippen LogP contribution in [0.4, 0.5) is 0 Å². The lowest BCUT2D eigenvalue weighted by atomic mass is 9.91. The summed E-state index contributed by atoms with van der Waals surface area (Å²) in [6, 6.07) is 16.7. The summed E-state index contributed by atoms with van der Waals surface area (Å²) in [5.41, 5.74) is 3.50. The molecule has 1 atom stereocenters. The molecule has 5 rings (SSSR count). The number of methoxy groups -OCH3 is 1. The summed E-state index contributed by atoms with van der Waals surface area (Å²) in [7, 11) is 1.50. The van der Waals surface area contributed by atoms with E-state index >= 15 is 0 Å². The SMILES string of the molecule is COCc1cc(=O)c(O)c([C@H](CC(=O)N2CCc3c([nH]c4ccccc34)C2)c2ccc(OC(C)C)cc2)o1.